The summed E-state index contributed by atoms with van der Waals surface area (Å²) in [6.45, 7) is 6.86. The SMILES string of the molecule is CCN(C(C)=O)c1nc(CNc2cccc(Br)c2C)cs1. The van der Waals surface area contributed by atoms with E-state index in [0.29, 0.717) is 13.1 Å². The normalized spacial score (nSPS) is 10.5. The summed E-state index contributed by atoms with van der Waals surface area (Å²) in [4.78, 5) is 17.7. The van der Waals surface area contributed by atoms with E-state index < -0.39 is 0 Å². The van der Waals surface area contributed by atoms with Gasteiger partial charge in [-0.15, -0.1) is 11.3 Å². The van der Waals surface area contributed by atoms with Gasteiger partial charge in [0, 0.05) is 29.0 Å². The smallest absolute Gasteiger partial charge is 0.225 e. The van der Waals surface area contributed by atoms with E-state index in [0.717, 1.165) is 21.0 Å². The van der Waals surface area contributed by atoms with Crippen LogP contribution in [0.15, 0.2) is 28.1 Å². The topological polar surface area (TPSA) is 45.2 Å². The van der Waals surface area contributed by atoms with Crippen molar-refractivity contribution in [3.8, 4) is 0 Å². The zero-order valence-corrected chi connectivity index (χ0v) is 14.7. The second-order valence-corrected chi connectivity index (χ2v) is 6.34. The van der Waals surface area contributed by atoms with Gasteiger partial charge in [0.25, 0.3) is 0 Å². The molecule has 0 saturated carbocycles. The molecule has 2 aromatic rings. The molecular weight excluding hydrogens is 350 g/mol. The minimum Gasteiger partial charge on any atom is -0.379 e. The number of halogens is 1. The molecule has 4 nitrogen and oxygen atoms in total. The number of thiazole rings is 1. The fraction of sp³-hybridized carbons (Fsp3) is 0.333. The first-order valence-electron chi connectivity index (χ1n) is 6.74. The van der Waals surface area contributed by atoms with E-state index >= 15 is 0 Å². The summed E-state index contributed by atoms with van der Waals surface area (Å²) >= 11 is 5.02. The van der Waals surface area contributed by atoms with Crippen LogP contribution in [0.1, 0.15) is 25.1 Å². The van der Waals surface area contributed by atoms with Crippen LogP contribution in [-0.2, 0) is 11.3 Å². The van der Waals surface area contributed by atoms with Crippen LogP contribution in [-0.4, -0.2) is 17.4 Å². The molecule has 112 valence electrons. The number of benzene rings is 1. The third-order valence-electron chi connectivity index (χ3n) is 3.19. The Hall–Kier alpha value is -1.40. The number of nitrogens with one attached hydrogen (secondary N) is 1. The summed E-state index contributed by atoms with van der Waals surface area (Å²) in [5, 5.41) is 6.12. The summed E-state index contributed by atoms with van der Waals surface area (Å²) in [5.41, 5.74) is 3.19. The molecule has 0 aliphatic carbocycles. The van der Waals surface area contributed by atoms with Gasteiger partial charge in [0.05, 0.1) is 12.2 Å². The van der Waals surface area contributed by atoms with E-state index in [1.807, 2.05) is 30.5 Å². The predicted molar refractivity (Wildman–Crippen MR) is 92.0 cm³/mol. The first kappa shape index (κ1) is 16.0. The Kier molecular flexibility index (Phi) is 5.36. The van der Waals surface area contributed by atoms with E-state index in [-0.39, 0.29) is 5.91 Å². The van der Waals surface area contributed by atoms with Crippen molar-refractivity contribution < 1.29 is 4.79 Å². The molecule has 0 aliphatic heterocycles. The molecule has 0 atom stereocenters. The summed E-state index contributed by atoms with van der Waals surface area (Å²) in [7, 11) is 0. The number of rotatable bonds is 5. The Morgan fingerprint density at radius 2 is 2.24 bits per heavy atom. The fourth-order valence-electron chi connectivity index (χ4n) is 1.98. The van der Waals surface area contributed by atoms with Gasteiger partial charge in [-0.25, -0.2) is 4.98 Å². The molecule has 2 rings (SSSR count). The van der Waals surface area contributed by atoms with Crippen molar-refractivity contribution in [1.82, 2.24) is 4.98 Å². The van der Waals surface area contributed by atoms with E-state index in [9.17, 15) is 4.79 Å². The number of nitrogens with zero attached hydrogens (tertiary/aromatic N) is 2. The highest BCUT2D eigenvalue weighted by Gasteiger charge is 2.13. The zero-order chi connectivity index (χ0) is 15.4. The number of carbonyl (C=O) groups is 1. The van der Waals surface area contributed by atoms with Crippen LogP contribution in [0.3, 0.4) is 0 Å². The monoisotopic (exact) mass is 367 g/mol. The summed E-state index contributed by atoms with van der Waals surface area (Å²) in [6, 6.07) is 6.06. The van der Waals surface area contributed by atoms with Crippen molar-refractivity contribution in [3.05, 3.63) is 39.3 Å². The van der Waals surface area contributed by atoms with E-state index in [4.69, 9.17) is 0 Å². The van der Waals surface area contributed by atoms with Crippen molar-refractivity contribution in [2.24, 2.45) is 0 Å². The van der Waals surface area contributed by atoms with Gasteiger partial charge in [0.2, 0.25) is 5.91 Å². The second-order valence-electron chi connectivity index (χ2n) is 4.65. The molecule has 1 amide bonds. The summed E-state index contributed by atoms with van der Waals surface area (Å²) in [6.07, 6.45) is 0. The minimum atomic E-state index is 0.0224. The highest BCUT2D eigenvalue weighted by molar-refractivity contribution is 9.10. The minimum absolute atomic E-state index is 0.0224. The maximum absolute atomic E-state index is 11.5. The number of hydrogen-bond donors (Lipinski definition) is 1. The Balaban J connectivity index is 2.06. The largest absolute Gasteiger partial charge is 0.379 e. The molecule has 21 heavy (non-hydrogen) atoms. The molecule has 0 unspecified atom stereocenters. The van der Waals surface area contributed by atoms with E-state index in [1.165, 1.54) is 16.9 Å². The standard InChI is InChI=1S/C15H18BrN3OS/c1-4-19(11(3)20)15-18-12(9-21-15)8-17-14-7-5-6-13(16)10(14)2/h5-7,9,17H,4,8H2,1-3H3. The lowest BCUT2D eigenvalue weighted by atomic mass is 10.2. The predicted octanol–water partition coefficient (Wildman–Crippen LogP) is 4.20. The molecule has 1 N–H and O–H groups in total. The second kappa shape index (κ2) is 7.04. The number of carbonyl (C=O) groups excluding carboxylic acids is 1. The maximum atomic E-state index is 11.5. The van der Waals surface area contributed by atoms with Crippen molar-refractivity contribution in [2.75, 3.05) is 16.8 Å². The van der Waals surface area contributed by atoms with Crippen LogP contribution < -0.4 is 10.2 Å². The number of amides is 1. The highest BCUT2D eigenvalue weighted by atomic mass is 79.9. The third-order valence-corrected chi connectivity index (χ3v) is 4.97. The summed E-state index contributed by atoms with van der Waals surface area (Å²) < 4.78 is 1.08. The Labute approximate surface area is 137 Å². The van der Waals surface area contributed by atoms with Gasteiger partial charge < -0.3 is 5.32 Å². The fourth-order valence-corrected chi connectivity index (χ4v) is 3.28. The van der Waals surface area contributed by atoms with Crippen molar-refractivity contribution in [2.45, 2.75) is 27.3 Å². The lowest BCUT2D eigenvalue weighted by Crippen LogP contribution is -2.27. The Bertz CT molecular complexity index is 642. The average molecular weight is 368 g/mol. The van der Waals surface area contributed by atoms with Crippen LogP contribution in [0.2, 0.25) is 0 Å². The Morgan fingerprint density at radius 3 is 2.90 bits per heavy atom. The quantitative estimate of drug-likeness (QED) is 0.860. The van der Waals surface area contributed by atoms with E-state index in [2.05, 4.69) is 33.2 Å². The lowest BCUT2D eigenvalue weighted by molar-refractivity contribution is -0.116. The number of hydrogen-bond acceptors (Lipinski definition) is 4. The molecule has 0 bridgehead atoms. The molecule has 1 aromatic carbocycles. The molecular formula is C15H18BrN3OS. The number of anilines is 2. The van der Waals surface area contributed by atoms with Crippen LogP contribution >= 0.6 is 27.3 Å². The average Bonchev–Trinajstić information content (AvgIpc) is 2.89. The maximum Gasteiger partial charge on any atom is 0.225 e. The molecule has 0 aliphatic rings. The van der Waals surface area contributed by atoms with Crippen LogP contribution in [0.5, 0.6) is 0 Å². The van der Waals surface area contributed by atoms with Crippen molar-refractivity contribution >= 4 is 44.0 Å². The van der Waals surface area contributed by atoms with Crippen molar-refractivity contribution in [1.29, 1.82) is 0 Å². The molecule has 0 saturated heterocycles. The number of aromatic nitrogens is 1. The molecule has 0 fully saturated rings. The van der Waals surface area contributed by atoms with E-state index in [1.54, 1.807) is 11.8 Å². The molecule has 1 aromatic heterocycles. The summed E-state index contributed by atoms with van der Waals surface area (Å²) in [5.74, 6) is 0.0224. The molecule has 1 heterocycles. The Morgan fingerprint density at radius 1 is 1.48 bits per heavy atom. The van der Waals surface area contributed by atoms with Crippen LogP contribution in [0.4, 0.5) is 10.8 Å². The van der Waals surface area contributed by atoms with Gasteiger partial charge in [-0.3, -0.25) is 9.69 Å². The molecule has 0 spiro atoms. The van der Waals surface area contributed by atoms with Gasteiger partial charge in [0.15, 0.2) is 5.13 Å². The highest BCUT2D eigenvalue weighted by Crippen LogP contribution is 2.25. The zero-order valence-electron chi connectivity index (χ0n) is 12.3. The first-order chi connectivity index (χ1) is 10.0. The van der Waals surface area contributed by atoms with Crippen molar-refractivity contribution in [3.63, 3.8) is 0 Å². The third kappa shape index (κ3) is 3.83. The lowest BCUT2D eigenvalue weighted by Gasteiger charge is -2.14. The van der Waals surface area contributed by atoms with Gasteiger partial charge in [-0.1, -0.05) is 22.0 Å². The van der Waals surface area contributed by atoms with Crippen LogP contribution in [0, 0.1) is 6.92 Å². The van der Waals surface area contributed by atoms with Gasteiger partial charge in [0.1, 0.15) is 0 Å². The first-order valence-corrected chi connectivity index (χ1v) is 8.41. The van der Waals surface area contributed by atoms with Crippen LogP contribution in [0.25, 0.3) is 0 Å². The van der Waals surface area contributed by atoms with Gasteiger partial charge in [-0.05, 0) is 31.5 Å². The molecule has 0 radical (unpaired) electrons. The van der Waals surface area contributed by atoms with Gasteiger partial charge in [-0.2, -0.15) is 0 Å². The molecule has 6 heteroatoms. The van der Waals surface area contributed by atoms with Gasteiger partial charge >= 0.3 is 0 Å².